The highest BCUT2D eigenvalue weighted by Gasteiger charge is 2.18. The quantitative estimate of drug-likeness (QED) is 0.503. The maximum absolute atomic E-state index is 12.6. The van der Waals surface area contributed by atoms with Crippen molar-refractivity contribution in [3.05, 3.63) is 59.9 Å². The van der Waals surface area contributed by atoms with Crippen molar-refractivity contribution < 1.29 is 14.3 Å². The van der Waals surface area contributed by atoms with Gasteiger partial charge in [-0.1, -0.05) is 29.5 Å². The highest BCUT2D eigenvalue weighted by atomic mass is 32.2. The highest BCUT2D eigenvalue weighted by Crippen LogP contribution is 2.23. The van der Waals surface area contributed by atoms with Gasteiger partial charge in [0.2, 0.25) is 11.1 Å². The van der Waals surface area contributed by atoms with E-state index in [1.807, 2.05) is 62.4 Å². The first-order valence-electron chi connectivity index (χ1n) is 10.6. The maximum Gasteiger partial charge on any atom is 0.237 e. The van der Waals surface area contributed by atoms with E-state index >= 15 is 0 Å². The monoisotopic (exact) mass is 453 g/mol. The number of rotatable bonds is 8. The number of amides is 1. The third-order valence-electron chi connectivity index (χ3n) is 5.07. The molecule has 0 radical (unpaired) electrons. The second kappa shape index (κ2) is 10.5. The van der Waals surface area contributed by atoms with Crippen LogP contribution in [-0.2, 0) is 16.1 Å². The maximum atomic E-state index is 12.6. The number of nitrogens with zero attached hydrogens (tertiary/aromatic N) is 3. The number of hydrogen-bond donors (Lipinski definition) is 2. The lowest BCUT2D eigenvalue weighted by Gasteiger charge is -2.28. The number of anilines is 2. The van der Waals surface area contributed by atoms with Gasteiger partial charge in [-0.3, -0.25) is 9.89 Å². The van der Waals surface area contributed by atoms with Gasteiger partial charge in [0.05, 0.1) is 18.5 Å². The van der Waals surface area contributed by atoms with Crippen molar-refractivity contribution in [2.45, 2.75) is 30.9 Å². The number of carbonyl (C=O) groups excluding carboxylic acids is 1. The van der Waals surface area contributed by atoms with Gasteiger partial charge < -0.3 is 19.7 Å². The summed E-state index contributed by atoms with van der Waals surface area (Å²) in [6, 6.07) is 15.7. The molecule has 8 nitrogen and oxygen atoms in total. The molecule has 1 fully saturated rings. The molecule has 1 aliphatic heterocycles. The van der Waals surface area contributed by atoms with E-state index in [0.29, 0.717) is 11.0 Å². The predicted molar refractivity (Wildman–Crippen MR) is 125 cm³/mol. The number of H-pyrrole nitrogens is 1. The van der Waals surface area contributed by atoms with Gasteiger partial charge in [0.25, 0.3) is 0 Å². The number of thioether (sulfide) groups is 1. The van der Waals surface area contributed by atoms with E-state index in [2.05, 4.69) is 25.4 Å². The Morgan fingerprint density at radius 1 is 1.19 bits per heavy atom. The molecule has 1 atom stereocenters. The van der Waals surface area contributed by atoms with Gasteiger partial charge in [-0.15, -0.1) is 5.10 Å². The van der Waals surface area contributed by atoms with Crippen LogP contribution in [0.15, 0.2) is 53.7 Å². The van der Waals surface area contributed by atoms with Crippen molar-refractivity contribution in [2.75, 3.05) is 36.5 Å². The normalized spacial score (nSPS) is 14.8. The van der Waals surface area contributed by atoms with E-state index in [4.69, 9.17) is 9.47 Å². The molecular weight excluding hydrogens is 426 g/mol. The van der Waals surface area contributed by atoms with Gasteiger partial charge >= 0.3 is 0 Å². The van der Waals surface area contributed by atoms with Crippen LogP contribution in [0.4, 0.5) is 11.4 Å². The lowest BCUT2D eigenvalue weighted by Crippen LogP contribution is -2.36. The molecule has 1 aliphatic rings. The topological polar surface area (TPSA) is 92.4 Å². The molecule has 3 aromatic rings. The van der Waals surface area contributed by atoms with Crippen LogP contribution in [0.2, 0.25) is 0 Å². The number of benzene rings is 2. The fraction of sp³-hybridized carbons (Fsp3) is 0.348. The number of morpholine rings is 1. The second-order valence-electron chi connectivity index (χ2n) is 7.56. The first-order valence-corrected chi connectivity index (χ1v) is 11.5. The Bertz CT molecular complexity index is 1020. The zero-order valence-electron chi connectivity index (χ0n) is 18.2. The lowest BCUT2D eigenvalue weighted by molar-refractivity contribution is -0.115. The minimum atomic E-state index is -0.351. The second-order valence-corrected chi connectivity index (χ2v) is 8.87. The predicted octanol–water partition coefficient (Wildman–Crippen LogP) is 3.65. The first kappa shape index (κ1) is 22.2. The van der Waals surface area contributed by atoms with Crippen LogP contribution in [0, 0.1) is 6.92 Å². The molecular formula is C23H27N5O3S. The summed E-state index contributed by atoms with van der Waals surface area (Å²) in [6.07, 6.45) is 0. The van der Waals surface area contributed by atoms with Crippen LogP contribution in [-0.4, -0.2) is 52.6 Å². The molecule has 1 aromatic heterocycles. The summed E-state index contributed by atoms with van der Waals surface area (Å²) < 4.78 is 11.1. The van der Waals surface area contributed by atoms with Gasteiger partial charge in [0, 0.05) is 24.5 Å². The Hall–Kier alpha value is -3.04. The van der Waals surface area contributed by atoms with E-state index < -0.39 is 0 Å². The van der Waals surface area contributed by atoms with Crippen LogP contribution in [0.1, 0.15) is 18.3 Å². The van der Waals surface area contributed by atoms with Gasteiger partial charge in [-0.25, -0.2) is 4.98 Å². The molecule has 0 unspecified atom stereocenters. The lowest BCUT2D eigenvalue weighted by atomic mass is 10.2. The van der Waals surface area contributed by atoms with Crippen molar-refractivity contribution in [1.29, 1.82) is 0 Å². The van der Waals surface area contributed by atoms with Gasteiger partial charge in [0.1, 0.15) is 12.4 Å². The Labute approximate surface area is 191 Å². The Balaban J connectivity index is 1.25. The van der Waals surface area contributed by atoms with Crippen molar-refractivity contribution in [1.82, 2.24) is 15.2 Å². The van der Waals surface area contributed by atoms with Crippen LogP contribution in [0.3, 0.4) is 0 Å². The zero-order valence-corrected chi connectivity index (χ0v) is 19.0. The summed E-state index contributed by atoms with van der Waals surface area (Å²) in [7, 11) is 0. The number of aromatic amines is 1. The van der Waals surface area contributed by atoms with Gasteiger partial charge in [0.15, 0.2) is 5.82 Å². The minimum Gasteiger partial charge on any atom is -0.486 e. The molecule has 32 heavy (non-hydrogen) atoms. The summed E-state index contributed by atoms with van der Waals surface area (Å²) in [5, 5.41) is 10.2. The van der Waals surface area contributed by atoms with Crippen molar-refractivity contribution in [3.63, 3.8) is 0 Å². The van der Waals surface area contributed by atoms with Crippen LogP contribution >= 0.6 is 11.8 Å². The molecule has 1 amide bonds. The van der Waals surface area contributed by atoms with Crippen LogP contribution < -0.4 is 15.0 Å². The summed E-state index contributed by atoms with van der Waals surface area (Å²) in [6.45, 7) is 7.40. The fourth-order valence-corrected chi connectivity index (χ4v) is 3.96. The Morgan fingerprint density at radius 2 is 1.91 bits per heavy atom. The molecule has 4 rings (SSSR count). The molecule has 9 heteroatoms. The third-order valence-corrected chi connectivity index (χ3v) is 6.03. The largest absolute Gasteiger partial charge is 0.486 e. The zero-order chi connectivity index (χ0) is 22.3. The number of nitrogens with one attached hydrogen (secondary N) is 2. The molecule has 0 aliphatic carbocycles. The Morgan fingerprint density at radius 3 is 2.62 bits per heavy atom. The SMILES string of the molecule is Cc1ccc(OCc2nc(S[C@H](C)C(=O)Nc3ccc(N4CCOCC4)cc3)n[nH]2)cc1. The van der Waals surface area contributed by atoms with Crippen molar-refractivity contribution in [2.24, 2.45) is 0 Å². The third kappa shape index (κ3) is 6.02. The fourth-order valence-electron chi connectivity index (χ4n) is 3.21. The standard InChI is InChI=1S/C23H27N5O3S/c1-16-3-9-20(10-4-16)31-15-21-25-23(27-26-21)32-17(2)22(29)24-18-5-7-19(8-6-18)28-11-13-30-14-12-28/h3-10,17H,11-15H2,1-2H3,(H,24,29)(H,25,26,27)/t17-/m1/s1. The molecule has 1 saturated heterocycles. The van der Waals surface area contributed by atoms with Crippen LogP contribution in [0.5, 0.6) is 5.75 Å². The molecule has 2 N–H and O–H groups in total. The van der Waals surface area contributed by atoms with E-state index in [0.717, 1.165) is 43.4 Å². The first-order chi connectivity index (χ1) is 15.6. The number of hydrogen-bond acceptors (Lipinski definition) is 7. The van der Waals surface area contributed by atoms with E-state index in [-0.39, 0.29) is 17.8 Å². The summed E-state index contributed by atoms with van der Waals surface area (Å²) in [4.78, 5) is 19.3. The van der Waals surface area contributed by atoms with Crippen LogP contribution in [0.25, 0.3) is 0 Å². The molecule has 0 bridgehead atoms. The summed E-state index contributed by atoms with van der Waals surface area (Å²) in [5.74, 6) is 1.28. The van der Waals surface area contributed by atoms with E-state index in [1.54, 1.807) is 0 Å². The average Bonchev–Trinajstić information content (AvgIpc) is 3.27. The van der Waals surface area contributed by atoms with Crippen molar-refractivity contribution in [3.8, 4) is 5.75 Å². The molecule has 2 aromatic carbocycles. The highest BCUT2D eigenvalue weighted by molar-refractivity contribution is 8.00. The number of aryl methyl sites for hydroxylation is 1. The molecule has 2 heterocycles. The van der Waals surface area contributed by atoms with Crippen molar-refractivity contribution >= 4 is 29.0 Å². The number of carbonyl (C=O) groups is 1. The molecule has 168 valence electrons. The smallest absolute Gasteiger partial charge is 0.237 e. The number of ether oxygens (including phenoxy) is 2. The number of aromatic nitrogens is 3. The van der Waals surface area contributed by atoms with E-state index in [9.17, 15) is 4.79 Å². The molecule has 0 spiro atoms. The average molecular weight is 454 g/mol. The Kier molecular flexibility index (Phi) is 7.28. The van der Waals surface area contributed by atoms with E-state index in [1.165, 1.54) is 17.3 Å². The van der Waals surface area contributed by atoms with Gasteiger partial charge in [-0.05, 0) is 50.2 Å². The molecule has 0 saturated carbocycles. The van der Waals surface area contributed by atoms with Gasteiger partial charge in [-0.2, -0.15) is 0 Å². The summed E-state index contributed by atoms with van der Waals surface area (Å²) >= 11 is 1.30. The minimum absolute atomic E-state index is 0.101. The summed E-state index contributed by atoms with van der Waals surface area (Å²) in [5.41, 5.74) is 3.08.